The molecule has 0 aliphatic rings. The van der Waals surface area contributed by atoms with Gasteiger partial charge in [0.2, 0.25) is 0 Å². The molecule has 0 saturated carbocycles. The van der Waals surface area contributed by atoms with Crippen LogP contribution < -0.4 is 10.1 Å². The van der Waals surface area contributed by atoms with Crippen LogP contribution in [-0.4, -0.2) is 0 Å². The van der Waals surface area contributed by atoms with Gasteiger partial charge in [-0.1, -0.05) is 59.1 Å². The van der Waals surface area contributed by atoms with Crippen LogP contribution in [0.2, 0.25) is 15.1 Å². The van der Waals surface area contributed by atoms with Gasteiger partial charge < -0.3 is 10.1 Å². The smallest absolute Gasteiger partial charge is 0.120 e. The first-order valence-corrected chi connectivity index (χ1v) is 8.89. The number of benzene rings is 3. The number of nitrogens with one attached hydrogen (secondary N) is 1. The molecule has 0 atom stereocenters. The molecule has 2 nitrogen and oxygen atoms in total. The summed E-state index contributed by atoms with van der Waals surface area (Å²) < 4.78 is 5.85. The van der Waals surface area contributed by atoms with E-state index in [0.29, 0.717) is 23.2 Å². The number of hydrogen-bond acceptors (Lipinski definition) is 2. The Morgan fingerprint density at radius 2 is 1.56 bits per heavy atom. The minimum Gasteiger partial charge on any atom is -0.489 e. The van der Waals surface area contributed by atoms with Crippen molar-refractivity contribution in [1.29, 1.82) is 0 Å². The molecule has 25 heavy (non-hydrogen) atoms. The van der Waals surface area contributed by atoms with E-state index in [1.54, 1.807) is 6.07 Å². The molecule has 3 aromatic rings. The third-order valence-electron chi connectivity index (χ3n) is 3.63. The van der Waals surface area contributed by atoms with Gasteiger partial charge in [-0.15, -0.1) is 0 Å². The lowest BCUT2D eigenvalue weighted by Gasteiger charge is -2.10. The van der Waals surface area contributed by atoms with Gasteiger partial charge in [-0.2, -0.15) is 0 Å². The first-order valence-electron chi connectivity index (χ1n) is 7.75. The minimum atomic E-state index is 0.501. The molecule has 1 N–H and O–H groups in total. The summed E-state index contributed by atoms with van der Waals surface area (Å²) in [5, 5.41) is 5.12. The van der Waals surface area contributed by atoms with Crippen molar-refractivity contribution in [1.82, 2.24) is 0 Å². The van der Waals surface area contributed by atoms with Crippen molar-refractivity contribution < 1.29 is 4.74 Å². The molecule has 0 unspecified atom stereocenters. The summed E-state index contributed by atoms with van der Waals surface area (Å²) in [7, 11) is 0. The topological polar surface area (TPSA) is 21.3 Å². The van der Waals surface area contributed by atoms with E-state index in [-0.39, 0.29) is 0 Å². The normalized spacial score (nSPS) is 10.5. The largest absolute Gasteiger partial charge is 0.489 e. The molecule has 0 spiro atoms. The maximum Gasteiger partial charge on any atom is 0.120 e. The van der Waals surface area contributed by atoms with Gasteiger partial charge in [-0.3, -0.25) is 0 Å². The van der Waals surface area contributed by atoms with Crippen LogP contribution in [0.5, 0.6) is 5.75 Å². The average Bonchev–Trinajstić information content (AvgIpc) is 2.63. The fraction of sp³-hybridized carbons (Fsp3) is 0.100. The Labute approximate surface area is 162 Å². The molecule has 3 aromatic carbocycles. The van der Waals surface area contributed by atoms with Crippen molar-refractivity contribution in [2.75, 3.05) is 5.32 Å². The van der Waals surface area contributed by atoms with Gasteiger partial charge >= 0.3 is 0 Å². The lowest BCUT2D eigenvalue weighted by Crippen LogP contribution is -2.00. The van der Waals surface area contributed by atoms with Crippen LogP contribution in [0.15, 0.2) is 66.7 Å². The molecule has 0 amide bonds. The number of ether oxygens (including phenoxy) is 1. The van der Waals surface area contributed by atoms with Crippen LogP contribution >= 0.6 is 34.8 Å². The van der Waals surface area contributed by atoms with Gasteiger partial charge in [0.1, 0.15) is 12.4 Å². The Morgan fingerprint density at radius 3 is 2.32 bits per heavy atom. The number of halogens is 3. The molecule has 0 saturated heterocycles. The van der Waals surface area contributed by atoms with Gasteiger partial charge in [0.15, 0.2) is 0 Å². The fourth-order valence-corrected chi connectivity index (χ4v) is 2.73. The van der Waals surface area contributed by atoms with Gasteiger partial charge in [0.25, 0.3) is 0 Å². The molecule has 3 rings (SSSR count). The van der Waals surface area contributed by atoms with Crippen LogP contribution in [0.1, 0.15) is 11.1 Å². The number of hydrogen-bond donors (Lipinski definition) is 1. The van der Waals surface area contributed by atoms with Crippen molar-refractivity contribution in [2.24, 2.45) is 0 Å². The molecule has 128 valence electrons. The van der Waals surface area contributed by atoms with E-state index in [1.807, 2.05) is 60.7 Å². The van der Waals surface area contributed by atoms with E-state index < -0.39 is 0 Å². The van der Waals surface area contributed by atoms with E-state index in [0.717, 1.165) is 27.6 Å². The quantitative estimate of drug-likeness (QED) is 0.496. The van der Waals surface area contributed by atoms with E-state index in [9.17, 15) is 0 Å². The van der Waals surface area contributed by atoms with E-state index in [1.165, 1.54) is 0 Å². The number of rotatable bonds is 6. The van der Waals surface area contributed by atoms with Crippen LogP contribution in [0.4, 0.5) is 5.69 Å². The Kier molecular flexibility index (Phi) is 6.09. The summed E-state index contributed by atoms with van der Waals surface area (Å²) in [4.78, 5) is 0. The van der Waals surface area contributed by atoms with Crippen LogP contribution in [-0.2, 0) is 13.2 Å². The zero-order valence-electron chi connectivity index (χ0n) is 13.3. The summed E-state index contributed by atoms with van der Waals surface area (Å²) in [5.41, 5.74) is 3.10. The molecule has 0 aliphatic heterocycles. The van der Waals surface area contributed by atoms with E-state index >= 15 is 0 Å². The Morgan fingerprint density at radius 1 is 0.760 bits per heavy atom. The Balaban J connectivity index is 1.59. The summed E-state index contributed by atoms with van der Waals surface area (Å²) in [6.45, 7) is 1.16. The summed E-state index contributed by atoms with van der Waals surface area (Å²) >= 11 is 17.8. The zero-order valence-corrected chi connectivity index (χ0v) is 15.6. The summed E-state index contributed by atoms with van der Waals surface area (Å²) in [6, 6.07) is 21.1. The first kappa shape index (κ1) is 17.9. The third-order valence-corrected chi connectivity index (χ3v) is 4.62. The molecular formula is C20H16Cl3NO. The van der Waals surface area contributed by atoms with Gasteiger partial charge in [0.05, 0.1) is 10.0 Å². The van der Waals surface area contributed by atoms with Crippen LogP contribution in [0, 0.1) is 0 Å². The molecule has 0 aromatic heterocycles. The van der Waals surface area contributed by atoms with Gasteiger partial charge in [-0.05, 0) is 53.6 Å². The average molecular weight is 393 g/mol. The van der Waals surface area contributed by atoms with Crippen molar-refractivity contribution in [3.63, 3.8) is 0 Å². The van der Waals surface area contributed by atoms with Crippen molar-refractivity contribution in [3.05, 3.63) is 92.9 Å². The van der Waals surface area contributed by atoms with Crippen LogP contribution in [0.3, 0.4) is 0 Å². The molecule has 0 heterocycles. The summed E-state index contributed by atoms with van der Waals surface area (Å²) in [5.74, 6) is 0.823. The standard InChI is InChI=1S/C20H16Cl3NO/c21-16-6-4-14(5-7-16)13-25-18-3-1-2-15(10-18)12-24-17-8-9-19(22)20(23)11-17/h1-11,24H,12-13H2. The number of anilines is 1. The highest BCUT2D eigenvalue weighted by molar-refractivity contribution is 6.42. The van der Waals surface area contributed by atoms with Crippen molar-refractivity contribution in [3.8, 4) is 5.75 Å². The van der Waals surface area contributed by atoms with Gasteiger partial charge in [-0.25, -0.2) is 0 Å². The SMILES string of the molecule is Clc1ccc(COc2cccc(CNc3ccc(Cl)c(Cl)c3)c2)cc1. The third kappa shape index (κ3) is 5.30. The molecular weight excluding hydrogens is 377 g/mol. The predicted octanol–water partition coefficient (Wildman–Crippen LogP) is 6.84. The highest BCUT2D eigenvalue weighted by Gasteiger charge is 2.02. The van der Waals surface area contributed by atoms with E-state index in [2.05, 4.69) is 5.32 Å². The maximum absolute atomic E-state index is 6.03. The maximum atomic E-state index is 6.03. The molecule has 0 bridgehead atoms. The lowest BCUT2D eigenvalue weighted by molar-refractivity contribution is 0.306. The Hall–Kier alpha value is -1.87. The van der Waals surface area contributed by atoms with Crippen molar-refractivity contribution >= 4 is 40.5 Å². The second kappa shape index (κ2) is 8.48. The lowest BCUT2D eigenvalue weighted by atomic mass is 10.2. The van der Waals surface area contributed by atoms with E-state index in [4.69, 9.17) is 39.5 Å². The zero-order chi connectivity index (χ0) is 17.6. The highest BCUT2D eigenvalue weighted by Crippen LogP contribution is 2.25. The summed E-state index contributed by atoms with van der Waals surface area (Å²) in [6.07, 6.45) is 0. The van der Waals surface area contributed by atoms with Gasteiger partial charge in [0, 0.05) is 17.3 Å². The first-order chi connectivity index (χ1) is 12.1. The highest BCUT2D eigenvalue weighted by atomic mass is 35.5. The second-order valence-corrected chi connectivity index (χ2v) is 6.80. The molecule has 0 radical (unpaired) electrons. The Bertz CT molecular complexity index is 850. The van der Waals surface area contributed by atoms with Crippen molar-refractivity contribution in [2.45, 2.75) is 13.2 Å². The minimum absolute atomic E-state index is 0.501. The molecule has 0 fully saturated rings. The van der Waals surface area contributed by atoms with Crippen LogP contribution in [0.25, 0.3) is 0 Å². The molecule has 5 heteroatoms. The predicted molar refractivity (Wildman–Crippen MR) is 106 cm³/mol. The fourth-order valence-electron chi connectivity index (χ4n) is 2.30. The molecule has 0 aliphatic carbocycles. The monoisotopic (exact) mass is 391 g/mol. The second-order valence-electron chi connectivity index (χ2n) is 5.54.